The van der Waals surface area contributed by atoms with Crippen LogP contribution in [0.1, 0.15) is 28.5 Å². The number of carbonyl (C=O) groups is 2. The summed E-state index contributed by atoms with van der Waals surface area (Å²) >= 11 is 1.73. The molecule has 3 rings (SSSR count). The molecule has 0 saturated heterocycles. The molecule has 0 aliphatic carbocycles. The molecule has 0 saturated carbocycles. The van der Waals surface area contributed by atoms with Crippen molar-refractivity contribution in [1.29, 1.82) is 0 Å². The molecule has 0 radical (unpaired) electrons. The second-order valence-electron chi connectivity index (χ2n) is 7.76. The molecule has 1 atom stereocenters. The van der Waals surface area contributed by atoms with Gasteiger partial charge in [-0.2, -0.15) is 0 Å². The summed E-state index contributed by atoms with van der Waals surface area (Å²) in [5, 5.41) is 2.09. The maximum Gasteiger partial charge on any atom is 0.319 e. The minimum atomic E-state index is -0.168. The maximum absolute atomic E-state index is 13.5. The highest BCUT2D eigenvalue weighted by Gasteiger charge is 2.34. The van der Waals surface area contributed by atoms with Crippen LogP contribution in [-0.4, -0.2) is 81.2 Å². The van der Waals surface area contributed by atoms with Crippen molar-refractivity contribution in [2.45, 2.75) is 18.9 Å². The van der Waals surface area contributed by atoms with Crippen molar-refractivity contribution in [3.8, 4) is 5.75 Å². The van der Waals surface area contributed by atoms with Gasteiger partial charge in [-0.05, 0) is 47.5 Å². The summed E-state index contributed by atoms with van der Waals surface area (Å²) in [6.07, 6.45) is 1.51. The van der Waals surface area contributed by atoms with E-state index in [0.29, 0.717) is 26.1 Å². The van der Waals surface area contributed by atoms with Crippen molar-refractivity contribution in [3.63, 3.8) is 0 Å². The van der Waals surface area contributed by atoms with Crippen LogP contribution in [0.2, 0.25) is 0 Å². The topological polar surface area (TPSA) is 62.3 Å². The number of ether oxygens (including phenoxy) is 2. The van der Waals surface area contributed by atoms with Crippen LogP contribution in [-0.2, 0) is 16.0 Å². The minimum Gasteiger partial charge on any atom is -0.497 e. The van der Waals surface area contributed by atoms with Gasteiger partial charge >= 0.3 is 6.03 Å². The fraction of sp³-hybridized carbons (Fsp3) is 0.478. The largest absolute Gasteiger partial charge is 0.497 e. The van der Waals surface area contributed by atoms with Crippen LogP contribution in [0.4, 0.5) is 4.79 Å². The van der Waals surface area contributed by atoms with E-state index in [1.165, 1.54) is 15.3 Å². The van der Waals surface area contributed by atoms with E-state index >= 15 is 0 Å². The minimum absolute atomic E-state index is 0.0485. The number of hydrogen-bond acceptors (Lipinski definition) is 5. The summed E-state index contributed by atoms with van der Waals surface area (Å²) < 4.78 is 10.4. The summed E-state index contributed by atoms with van der Waals surface area (Å²) in [4.78, 5) is 32.5. The quantitative estimate of drug-likeness (QED) is 0.585. The molecule has 8 heteroatoms. The van der Waals surface area contributed by atoms with Gasteiger partial charge in [0.15, 0.2) is 0 Å². The molecule has 3 amide bonds. The lowest BCUT2D eigenvalue weighted by Gasteiger charge is -2.38. The van der Waals surface area contributed by atoms with Crippen molar-refractivity contribution in [3.05, 3.63) is 51.7 Å². The lowest BCUT2D eigenvalue weighted by Crippen LogP contribution is -2.49. The normalized spacial score (nSPS) is 15.4. The number of thiophene rings is 1. The van der Waals surface area contributed by atoms with Crippen LogP contribution < -0.4 is 4.74 Å². The monoisotopic (exact) mass is 445 g/mol. The highest BCUT2D eigenvalue weighted by atomic mass is 32.1. The fourth-order valence-electron chi connectivity index (χ4n) is 3.91. The SMILES string of the molecule is COCCCN(CC(=O)N1CCc2sccc2C1c1ccc(OC)cc1)C(=O)N(C)C. The van der Waals surface area contributed by atoms with Crippen molar-refractivity contribution in [1.82, 2.24) is 14.7 Å². The lowest BCUT2D eigenvalue weighted by atomic mass is 9.93. The van der Waals surface area contributed by atoms with Gasteiger partial charge in [-0.1, -0.05) is 12.1 Å². The first-order chi connectivity index (χ1) is 15.0. The number of hydrogen-bond donors (Lipinski definition) is 0. The Morgan fingerprint density at radius 3 is 2.55 bits per heavy atom. The van der Waals surface area contributed by atoms with Crippen molar-refractivity contribution < 1.29 is 19.1 Å². The predicted molar refractivity (Wildman–Crippen MR) is 122 cm³/mol. The van der Waals surface area contributed by atoms with E-state index in [4.69, 9.17) is 9.47 Å². The van der Waals surface area contributed by atoms with Gasteiger partial charge in [0, 0.05) is 45.8 Å². The zero-order chi connectivity index (χ0) is 22.4. The van der Waals surface area contributed by atoms with E-state index in [0.717, 1.165) is 17.7 Å². The average molecular weight is 446 g/mol. The third kappa shape index (κ3) is 5.37. The Morgan fingerprint density at radius 1 is 1.16 bits per heavy atom. The molecular formula is C23H31N3O4S. The molecule has 2 heterocycles. The van der Waals surface area contributed by atoms with Crippen molar-refractivity contribution in [2.24, 2.45) is 0 Å². The van der Waals surface area contributed by atoms with Gasteiger partial charge in [0.2, 0.25) is 5.91 Å². The van der Waals surface area contributed by atoms with Crippen LogP contribution >= 0.6 is 11.3 Å². The Bertz CT molecular complexity index is 881. The van der Waals surface area contributed by atoms with Crippen molar-refractivity contribution >= 4 is 23.3 Å². The summed E-state index contributed by atoms with van der Waals surface area (Å²) in [7, 11) is 6.68. The first kappa shape index (κ1) is 23.1. The number of carbonyl (C=O) groups excluding carboxylic acids is 2. The van der Waals surface area contributed by atoms with Gasteiger partial charge in [-0.3, -0.25) is 4.79 Å². The second-order valence-corrected chi connectivity index (χ2v) is 8.76. The zero-order valence-electron chi connectivity index (χ0n) is 18.7. The predicted octanol–water partition coefficient (Wildman–Crippen LogP) is 3.25. The molecule has 1 aromatic carbocycles. The van der Waals surface area contributed by atoms with Gasteiger partial charge in [-0.25, -0.2) is 4.79 Å². The zero-order valence-corrected chi connectivity index (χ0v) is 19.5. The summed E-state index contributed by atoms with van der Waals surface area (Å²) in [6.45, 7) is 1.70. The smallest absolute Gasteiger partial charge is 0.319 e. The van der Waals surface area contributed by atoms with Gasteiger partial charge in [0.05, 0.1) is 13.2 Å². The highest BCUT2D eigenvalue weighted by Crippen LogP contribution is 2.38. The molecule has 7 nitrogen and oxygen atoms in total. The third-order valence-corrected chi connectivity index (χ3v) is 6.47. The molecule has 31 heavy (non-hydrogen) atoms. The Hall–Kier alpha value is -2.58. The number of methoxy groups -OCH3 is 2. The number of fused-ring (bicyclic) bond motifs is 1. The van der Waals surface area contributed by atoms with E-state index in [-0.39, 0.29) is 24.5 Å². The van der Waals surface area contributed by atoms with E-state index in [1.54, 1.807) is 44.6 Å². The Balaban J connectivity index is 1.85. The third-order valence-electron chi connectivity index (χ3n) is 5.47. The highest BCUT2D eigenvalue weighted by molar-refractivity contribution is 7.10. The maximum atomic E-state index is 13.5. The second kappa shape index (κ2) is 10.6. The van der Waals surface area contributed by atoms with Crippen LogP contribution in [0.5, 0.6) is 5.75 Å². The van der Waals surface area contributed by atoms with Gasteiger partial charge < -0.3 is 24.2 Å². The lowest BCUT2D eigenvalue weighted by molar-refractivity contribution is -0.134. The van der Waals surface area contributed by atoms with Gasteiger partial charge in [-0.15, -0.1) is 11.3 Å². The number of amides is 3. The summed E-state index contributed by atoms with van der Waals surface area (Å²) in [6, 6.07) is 9.64. The van der Waals surface area contributed by atoms with Crippen LogP contribution in [0.15, 0.2) is 35.7 Å². The number of nitrogens with zero attached hydrogens (tertiary/aromatic N) is 3. The Labute approximate surface area is 188 Å². The van der Waals surface area contributed by atoms with Crippen LogP contribution in [0.3, 0.4) is 0 Å². The first-order valence-corrected chi connectivity index (χ1v) is 11.3. The van der Waals surface area contributed by atoms with E-state index in [1.807, 2.05) is 29.2 Å². The van der Waals surface area contributed by atoms with Gasteiger partial charge in [0.25, 0.3) is 0 Å². The molecule has 1 unspecified atom stereocenters. The van der Waals surface area contributed by atoms with E-state index < -0.39 is 0 Å². The van der Waals surface area contributed by atoms with Crippen LogP contribution in [0, 0.1) is 0 Å². The fourth-order valence-corrected chi connectivity index (χ4v) is 4.81. The molecule has 168 valence electrons. The first-order valence-electron chi connectivity index (χ1n) is 10.4. The molecule has 0 fully saturated rings. The summed E-state index contributed by atoms with van der Waals surface area (Å²) in [5.41, 5.74) is 2.21. The molecular weight excluding hydrogens is 414 g/mol. The standard InChI is InChI=1S/C23H31N3O4S/c1-24(2)23(28)25(12-5-14-29-3)16-21(27)26-13-10-20-19(11-15-31-20)22(26)17-6-8-18(30-4)9-7-17/h6-9,11,15,22H,5,10,12-14,16H2,1-4H3. The van der Waals surface area contributed by atoms with E-state index in [9.17, 15) is 9.59 Å². The molecule has 0 spiro atoms. The Morgan fingerprint density at radius 2 is 1.90 bits per heavy atom. The summed E-state index contributed by atoms with van der Waals surface area (Å²) in [5.74, 6) is 0.731. The van der Waals surface area contributed by atoms with Crippen LogP contribution in [0.25, 0.3) is 0 Å². The van der Waals surface area contributed by atoms with Crippen molar-refractivity contribution in [2.75, 3.05) is 54.6 Å². The molecule has 2 aromatic rings. The Kier molecular flexibility index (Phi) is 7.92. The number of rotatable bonds is 8. The molecule has 0 N–H and O–H groups in total. The molecule has 1 aliphatic heterocycles. The van der Waals surface area contributed by atoms with E-state index in [2.05, 4.69) is 11.4 Å². The number of benzene rings is 1. The molecule has 1 aromatic heterocycles. The van der Waals surface area contributed by atoms with Gasteiger partial charge in [0.1, 0.15) is 12.3 Å². The molecule has 0 bridgehead atoms. The molecule has 1 aliphatic rings. The number of urea groups is 1. The average Bonchev–Trinajstić information content (AvgIpc) is 3.26.